The monoisotopic (exact) mass is 1010 g/mol. The molecule has 71 heavy (non-hydrogen) atoms. The highest BCUT2D eigenvalue weighted by Gasteiger charge is 2.41. The lowest BCUT2D eigenvalue weighted by Gasteiger charge is -2.32. The number of rotatable bonds is 32. The Morgan fingerprint density at radius 1 is 0.563 bits per heavy atom. The Morgan fingerprint density at radius 2 is 1.00 bits per heavy atom. The van der Waals surface area contributed by atoms with Gasteiger partial charge in [-0.2, -0.15) is 0 Å². The number of nitrogens with zero attached hydrogens (tertiary/aromatic N) is 2. The summed E-state index contributed by atoms with van der Waals surface area (Å²) in [6, 6.07) is -9.86. The second-order valence-electron chi connectivity index (χ2n) is 20.7. The minimum atomic E-state index is -1.22. The predicted molar refractivity (Wildman–Crippen MR) is 270 cm³/mol. The van der Waals surface area contributed by atoms with Crippen molar-refractivity contribution in [2.75, 3.05) is 19.6 Å². The van der Waals surface area contributed by atoms with Crippen LogP contribution in [-0.2, 0) is 43.2 Å². The third-order valence-corrected chi connectivity index (χ3v) is 11.9. The van der Waals surface area contributed by atoms with Crippen molar-refractivity contribution in [2.24, 2.45) is 57.5 Å². The van der Waals surface area contributed by atoms with Gasteiger partial charge in [-0.1, -0.05) is 69.2 Å². The number of carbonyl (C=O) groups excluding carboxylic acids is 8. The molecule has 0 aromatic heterocycles. The van der Waals surface area contributed by atoms with Gasteiger partial charge in [-0.3, -0.25) is 43.3 Å². The highest BCUT2D eigenvalue weighted by Crippen LogP contribution is 2.22. The lowest BCUT2D eigenvalue weighted by Crippen LogP contribution is -2.61. The number of unbranched alkanes of at least 4 members (excludes halogenated alkanes) is 1. The van der Waals surface area contributed by atoms with Crippen molar-refractivity contribution in [1.29, 1.82) is 0 Å². The summed E-state index contributed by atoms with van der Waals surface area (Å²) in [6.45, 7) is 20.1. The van der Waals surface area contributed by atoms with Gasteiger partial charge in [0.15, 0.2) is 5.96 Å². The molecule has 0 unspecified atom stereocenters. The molecule has 16 N–H and O–H groups in total. The molecule has 1 aliphatic heterocycles. The van der Waals surface area contributed by atoms with E-state index in [1.165, 1.54) is 11.8 Å². The number of carboxylic acid groups (broad SMARTS) is 1. The molecule has 0 saturated carbocycles. The van der Waals surface area contributed by atoms with Crippen molar-refractivity contribution in [3.63, 3.8) is 0 Å². The molecule has 1 rings (SSSR count). The van der Waals surface area contributed by atoms with Crippen LogP contribution in [0, 0.1) is 29.6 Å². The zero-order valence-electron chi connectivity index (χ0n) is 44.1. The van der Waals surface area contributed by atoms with Crippen LogP contribution in [0.1, 0.15) is 140 Å². The van der Waals surface area contributed by atoms with Gasteiger partial charge in [0.25, 0.3) is 0 Å². The van der Waals surface area contributed by atoms with Gasteiger partial charge in [-0.25, -0.2) is 4.79 Å². The number of nitrogens with two attached hydrogens (primary N) is 4. The molecule has 9 atom stereocenters. The Balaban J connectivity index is 3.38. The second kappa shape index (κ2) is 31.7. The number of nitrogens with one attached hydrogen (secondary N) is 7. The van der Waals surface area contributed by atoms with Crippen LogP contribution >= 0.6 is 0 Å². The molecule has 0 radical (unpaired) electrons. The molecular formula is C48H89N13O10. The molecule has 0 aliphatic carbocycles. The summed E-state index contributed by atoms with van der Waals surface area (Å²) in [7, 11) is 0. The minimum absolute atomic E-state index is 0.0740. The SMILES string of the molecule is CC(C)C[C@H](NC(=O)[C@H](CCCCN)NC(=O)[C@H](CC(C)C)NC(=O)[C@@H](NC(=O)[C@@H]1CCCN1C(=O)[C@H](CC(C)C)NC(=O)[C@H](CCCN=C(N)N)NC(=O)[C@H](C)N)C(C)C)C(=O)N[C@H](C(=O)O)C(C)C. The van der Waals surface area contributed by atoms with E-state index in [1.807, 2.05) is 41.5 Å². The summed E-state index contributed by atoms with van der Waals surface area (Å²) in [6.07, 6.45) is 2.85. The Hall–Kier alpha value is -5.58. The highest BCUT2D eigenvalue weighted by atomic mass is 16.4. The van der Waals surface area contributed by atoms with Crippen LogP contribution in [0.5, 0.6) is 0 Å². The molecule has 23 nitrogen and oxygen atoms in total. The van der Waals surface area contributed by atoms with Gasteiger partial charge in [0.05, 0.1) is 6.04 Å². The normalized spacial score (nSPS) is 17.0. The Morgan fingerprint density at radius 3 is 1.46 bits per heavy atom. The van der Waals surface area contributed by atoms with E-state index in [0.717, 1.165) is 0 Å². The van der Waals surface area contributed by atoms with Crippen LogP contribution in [0.15, 0.2) is 4.99 Å². The molecule has 0 spiro atoms. The van der Waals surface area contributed by atoms with Gasteiger partial charge < -0.3 is 70.2 Å². The van der Waals surface area contributed by atoms with Crippen LogP contribution in [0.2, 0.25) is 0 Å². The van der Waals surface area contributed by atoms with Crippen molar-refractivity contribution < 1.29 is 48.3 Å². The van der Waals surface area contributed by atoms with Gasteiger partial charge in [-0.15, -0.1) is 0 Å². The number of aliphatic carboxylic acids is 1. The molecule has 1 saturated heterocycles. The number of likely N-dealkylation sites (tertiary alicyclic amines) is 1. The van der Waals surface area contributed by atoms with Crippen LogP contribution in [-0.4, -0.2) is 143 Å². The van der Waals surface area contributed by atoms with Crippen molar-refractivity contribution >= 4 is 59.2 Å². The third kappa shape index (κ3) is 23.0. The van der Waals surface area contributed by atoms with Crippen molar-refractivity contribution in [3.8, 4) is 0 Å². The maximum atomic E-state index is 14.3. The second-order valence-corrected chi connectivity index (χ2v) is 20.7. The fourth-order valence-electron chi connectivity index (χ4n) is 8.07. The van der Waals surface area contributed by atoms with Gasteiger partial charge in [-0.05, 0) is 107 Å². The standard InChI is InChI=1S/C48H89N13O10/c1-25(2)22-33(42(65)55-31(16-12-13-19-49)40(63)56-34(23-26(3)4)43(66)60-38(29(9)10)47(70)71)57-45(68)37(28(7)8)59-44(67)36-18-15-21-61(36)46(69)35(24-27(5)6)58-41(64)32(54-39(62)30(11)50)17-14-20-53-48(51)52/h25-38H,12-24,49-50H2,1-11H3,(H,54,62)(H,55,65)(H,56,63)(H,57,68)(H,58,64)(H,59,67)(H,60,66)(H,70,71)(H4,51,52,53)/t30-,31-,32-,33-,34-,35-,36-,37-,38-/m0/s1. The number of carbonyl (C=O) groups is 9. The maximum absolute atomic E-state index is 14.3. The van der Waals surface area contributed by atoms with Crippen molar-refractivity contribution in [2.45, 2.75) is 195 Å². The lowest BCUT2D eigenvalue weighted by atomic mass is 9.98. The first-order chi connectivity index (χ1) is 33.1. The zero-order valence-corrected chi connectivity index (χ0v) is 44.1. The van der Waals surface area contributed by atoms with E-state index in [2.05, 4.69) is 42.2 Å². The Bertz CT molecular complexity index is 1800. The predicted octanol–water partition coefficient (Wildman–Crippen LogP) is -0.564. The average Bonchev–Trinajstić information content (AvgIpc) is 3.76. The molecule has 0 aromatic rings. The number of aliphatic imine (C=N–C) groups is 1. The van der Waals surface area contributed by atoms with E-state index in [4.69, 9.17) is 22.9 Å². The van der Waals surface area contributed by atoms with Crippen molar-refractivity contribution in [1.82, 2.24) is 42.1 Å². The topological polar surface area (TPSA) is 378 Å². The van der Waals surface area contributed by atoms with Crippen LogP contribution < -0.4 is 60.2 Å². The Kier molecular flexibility index (Phi) is 28.3. The third-order valence-electron chi connectivity index (χ3n) is 11.9. The molecule has 0 aromatic carbocycles. The number of hydrogen-bond acceptors (Lipinski definition) is 12. The van der Waals surface area contributed by atoms with E-state index in [9.17, 15) is 48.3 Å². The molecule has 1 heterocycles. The number of guanidine groups is 1. The molecule has 0 bridgehead atoms. The van der Waals surface area contributed by atoms with Crippen LogP contribution in [0.3, 0.4) is 0 Å². The molecule has 23 heteroatoms. The largest absolute Gasteiger partial charge is 0.480 e. The maximum Gasteiger partial charge on any atom is 0.326 e. The minimum Gasteiger partial charge on any atom is -0.480 e. The number of amides is 8. The van der Waals surface area contributed by atoms with Gasteiger partial charge in [0, 0.05) is 13.1 Å². The summed E-state index contributed by atoms with van der Waals surface area (Å²) >= 11 is 0. The van der Waals surface area contributed by atoms with Crippen LogP contribution in [0.4, 0.5) is 0 Å². The van der Waals surface area contributed by atoms with Crippen molar-refractivity contribution in [3.05, 3.63) is 0 Å². The molecule has 1 aliphatic rings. The quantitative estimate of drug-likeness (QED) is 0.0228. The van der Waals surface area contributed by atoms with Gasteiger partial charge in [0.1, 0.15) is 48.3 Å². The van der Waals surface area contributed by atoms with E-state index < -0.39 is 119 Å². The van der Waals surface area contributed by atoms with Gasteiger partial charge in [0.2, 0.25) is 47.3 Å². The summed E-state index contributed by atoms with van der Waals surface area (Å²) in [5.41, 5.74) is 22.4. The first-order valence-electron chi connectivity index (χ1n) is 25.3. The molecular weight excluding hydrogens is 919 g/mol. The van der Waals surface area contributed by atoms with E-state index in [1.54, 1.807) is 27.7 Å². The van der Waals surface area contributed by atoms with Crippen LogP contribution in [0.25, 0.3) is 0 Å². The first kappa shape index (κ1) is 63.4. The van der Waals surface area contributed by atoms with E-state index >= 15 is 0 Å². The zero-order chi connectivity index (χ0) is 54.3. The fraction of sp³-hybridized carbons (Fsp3) is 0.792. The molecule has 8 amide bonds. The lowest BCUT2D eigenvalue weighted by molar-refractivity contribution is -0.143. The fourth-order valence-corrected chi connectivity index (χ4v) is 8.07. The van der Waals surface area contributed by atoms with E-state index in [0.29, 0.717) is 32.2 Å². The summed E-state index contributed by atoms with van der Waals surface area (Å²) in [4.78, 5) is 128. The number of hydrogen-bond donors (Lipinski definition) is 12. The average molecular weight is 1010 g/mol. The summed E-state index contributed by atoms with van der Waals surface area (Å²) < 4.78 is 0. The number of carboxylic acids is 1. The molecule has 1 fully saturated rings. The highest BCUT2D eigenvalue weighted by molar-refractivity contribution is 5.98. The van der Waals surface area contributed by atoms with E-state index in [-0.39, 0.29) is 75.3 Å². The van der Waals surface area contributed by atoms with Gasteiger partial charge >= 0.3 is 5.97 Å². The summed E-state index contributed by atoms with van der Waals surface area (Å²) in [5, 5.41) is 28.8. The summed E-state index contributed by atoms with van der Waals surface area (Å²) in [5.74, 6) is -7.58. The smallest absolute Gasteiger partial charge is 0.326 e. The molecule has 406 valence electrons. The first-order valence-corrected chi connectivity index (χ1v) is 25.3. The Labute approximate surface area is 420 Å².